The van der Waals surface area contributed by atoms with Crippen molar-refractivity contribution in [2.45, 2.75) is 19.5 Å². The normalized spacial score (nSPS) is 17.4. The second-order valence-corrected chi connectivity index (χ2v) is 6.70. The number of hydrogen-bond acceptors (Lipinski definition) is 4. The number of amides is 2. The first-order valence-electron chi connectivity index (χ1n) is 8.90. The fourth-order valence-corrected chi connectivity index (χ4v) is 3.27. The summed E-state index contributed by atoms with van der Waals surface area (Å²) in [6, 6.07) is 16.5. The number of carbonyl (C=O) groups is 1. The van der Waals surface area contributed by atoms with Crippen molar-refractivity contribution in [3.05, 3.63) is 54.2 Å². The molecule has 0 bridgehead atoms. The van der Waals surface area contributed by atoms with Crippen molar-refractivity contribution in [2.24, 2.45) is 0 Å². The summed E-state index contributed by atoms with van der Waals surface area (Å²) in [4.78, 5) is 14.1. The van der Waals surface area contributed by atoms with Crippen LogP contribution in [0.25, 0.3) is 22.1 Å². The lowest BCUT2D eigenvalue weighted by Crippen LogP contribution is -2.53. The van der Waals surface area contributed by atoms with Crippen LogP contribution in [0.3, 0.4) is 0 Å². The SMILES string of the molecule is CC1CN(C(=O)NCc2cc(-c3ccc4ccccc4c3)on2)CCN1. The summed E-state index contributed by atoms with van der Waals surface area (Å²) in [5.41, 5.74) is 1.69. The van der Waals surface area contributed by atoms with Gasteiger partial charge in [-0.3, -0.25) is 0 Å². The zero-order valence-corrected chi connectivity index (χ0v) is 14.7. The third kappa shape index (κ3) is 3.55. The summed E-state index contributed by atoms with van der Waals surface area (Å²) in [7, 11) is 0. The molecule has 1 aliphatic heterocycles. The minimum Gasteiger partial charge on any atom is -0.356 e. The van der Waals surface area contributed by atoms with Gasteiger partial charge >= 0.3 is 6.03 Å². The zero-order valence-electron chi connectivity index (χ0n) is 14.7. The quantitative estimate of drug-likeness (QED) is 0.762. The fraction of sp³-hybridized carbons (Fsp3) is 0.300. The summed E-state index contributed by atoms with van der Waals surface area (Å²) in [6.45, 7) is 4.69. The predicted octanol–water partition coefficient (Wildman–Crippen LogP) is 3.00. The van der Waals surface area contributed by atoms with E-state index in [1.54, 1.807) is 0 Å². The van der Waals surface area contributed by atoms with E-state index in [2.05, 4.69) is 47.0 Å². The molecule has 134 valence electrons. The molecule has 2 amide bonds. The van der Waals surface area contributed by atoms with Gasteiger partial charge in [-0.05, 0) is 23.8 Å². The Morgan fingerprint density at radius 3 is 2.96 bits per heavy atom. The second-order valence-electron chi connectivity index (χ2n) is 6.70. The van der Waals surface area contributed by atoms with Crippen molar-refractivity contribution < 1.29 is 9.32 Å². The van der Waals surface area contributed by atoms with E-state index < -0.39 is 0 Å². The number of carbonyl (C=O) groups excluding carboxylic acids is 1. The first-order valence-corrected chi connectivity index (χ1v) is 8.90. The van der Waals surface area contributed by atoms with Gasteiger partial charge in [0.1, 0.15) is 5.69 Å². The fourth-order valence-electron chi connectivity index (χ4n) is 3.27. The maximum atomic E-state index is 12.3. The Bertz CT molecular complexity index is 921. The summed E-state index contributed by atoms with van der Waals surface area (Å²) in [6.07, 6.45) is 0. The standard InChI is InChI=1S/C20H22N4O2/c1-14-13-24(9-8-21-14)20(25)22-12-18-11-19(26-23-18)17-7-6-15-4-2-3-5-16(15)10-17/h2-7,10-11,14,21H,8-9,12-13H2,1H3,(H,22,25). The maximum Gasteiger partial charge on any atom is 0.317 e. The summed E-state index contributed by atoms with van der Waals surface area (Å²) in [5.74, 6) is 0.704. The summed E-state index contributed by atoms with van der Waals surface area (Å²) >= 11 is 0. The predicted molar refractivity (Wildman–Crippen MR) is 101 cm³/mol. The van der Waals surface area contributed by atoms with E-state index in [1.807, 2.05) is 29.2 Å². The molecule has 6 nitrogen and oxygen atoms in total. The van der Waals surface area contributed by atoms with Crippen molar-refractivity contribution in [3.63, 3.8) is 0 Å². The number of nitrogens with zero attached hydrogens (tertiary/aromatic N) is 2. The van der Waals surface area contributed by atoms with Crippen LogP contribution in [0.5, 0.6) is 0 Å². The highest BCUT2D eigenvalue weighted by Crippen LogP contribution is 2.25. The molecule has 1 fully saturated rings. The molecule has 26 heavy (non-hydrogen) atoms. The van der Waals surface area contributed by atoms with Crippen molar-refractivity contribution in [1.29, 1.82) is 0 Å². The van der Waals surface area contributed by atoms with Crippen LogP contribution in [0.1, 0.15) is 12.6 Å². The van der Waals surface area contributed by atoms with Gasteiger partial charge in [0.2, 0.25) is 0 Å². The molecule has 0 saturated carbocycles. The highest BCUT2D eigenvalue weighted by atomic mass is 16.5. The van der Waals surface area contributed by atoms with Crippen LogP contribution in [-0.4, -0.2) is 41.8 Å². The molecule has 2 N–H and O–H groups in total. The summed E-state index contributed by atoms with van der Waals surface area (Å²) < 4.78 is 5.47. The molecular weight excluding hydrogens is 328 g/mol. The third-order valence-electron chi connectivity index (χ3n) is 4.67. The monoisotopic (exact) mass is 350 g/mol. The molecular formula is C20H22N4O2. The van der Waals surface area contributed by atoms with Crippen molar-refractivity contribution in [2.75, 3.05) is 19.6 Å². The van der Waals surface area contributed by atoms with Crippen LogP contribution in [-0.2, 0) is 6.54 Å². The van der Waals surface area contributed by atoms with Crippen LogP contribution in [0, 0.1) is 0 Å². The lowest BCUT2D eigenvalue weighted by Gasteiger charge is -2.31. The Labute approximate surface area is 152 Å². The number of nitrogens with one attached hydrogen (secondary N) is 2. The highest BCUT2D eigenvalue weighted by Gasteiger charge is 2.20. The Morgan fingerprint density at radius 1 is 1.27 bits per heavy atom. The Morgan fingerprint density at radius 2 is 2.12 bits per heavy atom. The van der Waals surface area contributed by atoms with E-state index in [1.165, 1.54) is 5.39 Å². The lowest BCUT2D eigenvalue weighted by atomic mass is 10.1. The molecule has 0 radical (unpaired) electrons. The van der Waals surface area contributed by atoms with E-state index in [9.17, 15) is 4.79 Å². The van der Waals surface area contributed by atoms with E-state index in [0.717, 1.165) is 24.0 Å². The molecule has 0 spiro atoms. The zero-order chi connectivity index (χ0) is 17.9. The van der Waals surface area contributed by atoms with Crippen molar-refractivity contribution in [1.82, 2.24) is 20.7 Å². The van der Waals surface area contributed by atoms with Crippen molar-refractivity contribution >= 4 is 16.8 Å². The van der Waals surface area contributed by atoms with Gasteiger partial charge in [-0.2, -0.15) is 0 Å². The largest absolute Gasteiger partial charge is 0.356 e. The minimum atomic E-state index is -0.0615. The number of aromatic nitrogens is 1. The minimum absolute atomic E-state index is 0.0615. The molecule has 1 atom stereocenters. The van der Waals surface area contributed by atoms with Gasteiger partial charge in [-0.1, -0.05) is 41.6 Å². The average molecular weight is 350 g/mol. The maximum absolute atomic E-state index is 12.3. The van der Waals surface area contributed by atoms with Gasteiger partial charge in [0, 0.05) is 37.3 Å². The molecule has 2 aromatic carbocycles. The average Bonchev–Trinajstić information content (AvgIpc) is 3.15. The van der Waals surface area contributed by atoms with Gasteiger partial charge < -0.3 is 20.1 Å². The Kier molecular flexibility index (Phi) is 4.58. The summed E-state index contributed by atoms with van der Waals surface area (Å²) in [5, 5.41) is 12.7. The van der Waals surface area contributed by atoms with Crippen LogP contribution >= 0.6 is 0 Å². The first-order chi connectivity index (χ1) is 12.7. The van der Waals surface area contributed by atoms with Gasteiger partial charge in [0.05, 0.1) is 6.54 Å². The van der Waals surface area contributed by atoms with E-state index in [-0.39, 0.29) is 6.03 Å². The molecule has 4 rings (SSSR count). The van der Waals surface area contributed by atoms with Crippen LogP contribution in [0.4, 0.5) is 4.79 Å². The number of piperazine rings is 1. The third-order valence-corrected chi connectivity index (χ3v) is 4.67. The molecule has 2 heterocycles. The molecule has 3 aromatic rings. The highest BCUT2D eigenvalue weighted by molar-refractivity contribution is 5.86. The van der Waals surface area contributed by atoms with Gasteiger partial charge in [0.15, 0.2) is 5.76 Å². The second kappa shape index (κ2) is 7.17. The molecule has 0 aliphatic carbocycles. The number of fused-ring (bicyclic) bond motifs is 1. The van der Waals surface area contributed by atoms with E-state index in [4.69, 9.17) is 4.52 Å². The Hall–Kier alpha value is -2.86. The number of rotatable bonds is 3. The van der Waals surface area contributed by atoms with Crippen LogP contribution in [0.15, 0.2) is 53.1 Å². The Balaban J connectivity index is 1.41. The van der Waals surface area contributed by atoms with Gasteiger partial charge in [-0.15, -0.1) is 0 Å². The smallest absolute Gasteiger partial charge is 0.317 e. The first kappa shape index (κ1) is 16.6. The molecule has 6 heteroatoms. The van der Waals surface area contributed by atoms with Gasteiger partial charge in [0.25, 0.3) is 0 Å². The van der Waals surface area contributed by atoms with Crippen molar-refractivity contribution in [3.8, 4) is 11.3 Å². The molecule has 1 saturated heterocycles. The van der Waals surface area contributed by atoms with E-state index in [0.29, 0.717) is 30.6 Å². The number of urea groups is 1. The van der Waals surface area contributed by atoms with Gasteiger partial charge in [-0.25, -0.2) is 4.79 Å². The number of hydrogen-bond donors (Lipinski definition) is 2. The van der Waals surface area contributed by atoms with Crippen LogP contribution < -0.4 is 10.6 Å². The van der Waals surface area contributed by atoms with E-state index >= 15 is 0 Å². The molecule has 1 unspecified atom stereocenters. The molecule has 1 aromatic heterocycles. The molecule has 1 aliphatic rings. The van der Waals surface area contributed by atoms with Crippen LogP contribution in [0.2, 0.25) is 0 Å². The number of benzene rings is 2. The lowest BCUT2D eigenvalue weighted by molar-refractivity contribution is 0.179. The topological polar surface area (TPSA) is 70.4 Å².